The molecule has 0 radical (unpaired) electrons. The van der Waals surface area contributed by atoms with E-state index in [0.717, 1.165) is 24.1 Å². The Kier molecular flexibility index (Phi) is 5.65. The Labute approximate surface area is 144 Å². The quantitative estimate of drug-likeness (QED) is 0.763. The molecule has 1 atom stereocenters. The fraction of sp³-hybridized carbons (Fsp3) is 0.529. The van der Waals surface area contributed by atoms with Crippen molar-refractivity contribution in [2.24, 2.45) is 0 Å². The number of carbonyl (C=O) groups is 1. The van der Waals surface area contributed by atoms with Crippen LogP contribution in [0.25, 0.3) is 10.1 Å². The van der Waals surface area contributed by atoms with Crippen molar-refractivity contribution in [3.05, 3.63) is 34.6 Å². The van der Waals surface area contributed by atoms with Crippen LogP contribution < -0.4 is 5.56 Å². The number of rotatable bonds is 7. The number of aromatic nitrogens is 1. The lowest BCUT2D eigenvalue weighted by Crippen LogP contribution is -2.41. The number of ether oxygens (including phenoxy) is 2. The first-order valence-corrected chi connectivity index (χ1v) is 8.93. The summed E-state index contributed by atoms with van der Waals surface area (Å²) in [5.74, 6) is -0.0730. The molecule has 0 saturated carbocycles. The lowest BCUT2D eigenvalue weighted by Gasteiger charge is -2.25. The van der Waals surface area contributed by atoms with Gasteiger partial charge in [-0.05, 0) is 25.0 Å². The molecule has 24 heavy (non-hydrogen) atoms. The number of nitrogens with zero attached hydrogens (tertiary/aromatic N) is 2. The van der Waals surface area contributed by atoms with E-state index in [9.17, 15) is 9.59 Å². The van der Waals surface area contributed by atoms with Gasteiger partial charge in [0, 0.05) is 26.8 Å². The third-order valence-electron chi connectivity index (χ3n) is 4.20. The lowest BCUT2D eigenvalue weighted by molar-refractivity contribution is -0.134. The number of fused-ring (bicyclic) bond motifs is 1. The van der Waals surface area contributed by atoms with Gasteiger partial charge in [0.25, 0.3) is 5.56 Å². The maximum absolute atomic E-state index is 12.7. The van der Waals surface area contributed by atoms with Gasteiger partial charge in [0.2, 0.25) is 5.91 Å². The van der Waals surface area contributed by atoms with Crippen molar-refractivity contribution in [1.29, 1.82) is 0 Å². The Morgan fingerprint density at radius 1 is 1.46 bits per heavy atom. The van der Waals surface area contributed by atoms with Crippen LogP contribution in [0.1, 0.15) is 12.8 Å². The Bertz CT molecular complexity index is 748. The van der Waals surface area contributed by atoms with E-state index in [4.69, 9.17) is 9.47 Å². The number of hydrogen-bond acceptors (Lipinski definition) is 5. The molecular formula is C17H22N2O4S. The van der Waals surface area contributed by atoms with Gasteiger partial charge in [0.05, 0.1) is 22.8 Å². The van der Waals surface area contributed by atoms with Gasteiger partial charge in [0.1, 0.15) is 6.54 Å². The summed E-state index contributed by atoms with van der Waals surface area (Å²) < 4.78 is 13.2. The lowest BCUT2D eigenvalue weighted by atomic mass is 10.2. The molecule has 3 rings (SSSR count). The van der Waals surface area contributed by atoms with Crippen LogP contribution in [0.2, 0.25) is 0 Å². The van der Waals surface area contributed by atoms with E-state index in [0.29, 0.717) is 25.1 Å². The van der Waals surface area contributed by atoms with Gasteiger partial charge in [-0.25, -0.2) is 0 Å². The molecule has 1 aromatic heterocycles. The zero-order chi connectivity index (χ0) is 16.9. The van der Waals surface area contributed by atoms with Gasteiger partial charge in [-0.15, -0.1) is 0 Å². The first-order valence-electron chi connectivity index (χ1n) is 8.16. The highest BCUT2D eigenvalue weighted by molar-refractivity contribution is 7.13. The fourth-order valence-electron chi connectivity index (χ4n) is 2.90. The van der Waals surface area contributed by atoms with Gasteiger partial charge in [-0.3, -0.25) is 13.5 Å². The number of carbonyl (C=O) groups excluding carboxylic acids is 1. The highest BCUT2D eigenvalue weighted by atomic mass is 32.1. The fourth-order valence-corrected chi connectivity index (χ4v) is 3.88. The summed E-state index contributed by atoms with van der Waals surface area (Å²) in [5, 5.41) is 0.665. The zero-order valence-corrected chi connectivity index (χ0v) is 14.6. The van der Waals surface area contributed by atoms with Crippen molar-refractivity contribution < 1.29 is 14.3 Å². The van der Waals surface area contributed by atoms with Crippen LogP contribution in [0, 0.1) is 0 Å². The van der Waals surface area contributed by atoms with Crippen molar-refractivity contribution in [2.45, 2.75) is 25.5 Å². The summed E-state index contributed by atoms with van der Waals surface area (Å²) in [6.07, 6.45) is 2.09. The molecule has 1 aliphatic heterocycles. The number of hydrogen-bond donors (Lipinski definition) is 0. The average molecular weight is 350 g/mol. The van der Waals surface area contributed by atoms with Crippen molar-refractivity contribution in [3.63, 3.8) is 0 Å². The van der Waals surface area contributed by atoms with E-state index >= 15 is 0 Å². The van der Waals surface area contributed by atoms with Gasteiger partial charge < -0.3 is 14.4 Å². The topological polar surface area (TPSA) is 60.8 Å². The van der Waals surface area contributed by atoms with Gasteiger partial charge in [0.15, 0.2) is 0 Å². The highest BCUT2D eigenvalue weighted by Crippen LogP contribution is 2.17. The minimum atomic E-state index is -0.104. The first kappa shape index (κ1) is 17.1. The predicted molar refractivity (Wildman–Crippen MR) is 93.5 cm³/mol. The summed E-state index contributed by atoms with van der Waals surface area (Å²) in [4.78, 5) is 26.8. The third-order valence-corrected chi connectivity index (χ3v) is 5.27. The molecule has 0 aliphatic carbocycles. The van der Waals surface area contributed by atoms with E-state index in [1.165, 1.54) is 15.5 Å². The molecule has 0 spiro atoms. The summed E-state index contributed by atoms with van der Waals surface area (Å²) >= 11 is 1.33. The second kappa shape index (κ2) is 7.92. The molecule has 2 heterocycles. The molecule has 1 aromatic carbocycles. The van der Waals surface area contributed by atoms with Crippen LogP contribution in [-0.2, 0) is 20.8 Å². The molecule has 1 saturated heterocycles. The van der Waals surface area contributed by atoms with Crippen LogP contribution in [0.15, 0.2) is 29.1 Å². The van der Waals surface area contributed by atoms with Crippen LogP contribution >= 0.6 is 11.5 Å². The molecule has 1 fully saturated rings. The SMILES string of the molecule is COCCN(C[C@H]1CCCO1)C(=O)Cn1sc2ccccc2c1=O. The highest BCUT2D eigenvalue weighted by Gasteiger charge is 2.23. The van der Waals surface area contributed by atoms with Crippen LogP contribution in [0.4, 0.5) is 0 Å². The van der Waals surface area contributed by atoms with Crippen molar-refractivity contribution in [3.8, 4) is 0 Å². The largest absolute Gasteiger partial charge is 0.383 e. The smallest absolute Gasteiger partial charge is 0.268 e. The average Bonchev–Trinajstić information content (AvgIpc) is 3.20. The summed E-state index contributed by atoms with van der Waals surface area (Å²) in [6.45, 7) is 2.36. The van der Waals surface area contributed by atoms with E-state index in [2.05, 4.69) is 0 Å². The Morgan fingerprint density at radius 2 is 2.29 bits per heavy atom. The van der Waals surface area contributed by atoms with Crippen molar-refractivity contribution in [1.82, 2.24) is 8.86 Å². The molecule has 1 aliphatic rings. The molecule has 1 amide bonds. The minimum Gasteiger partial charge on any atom is -0.383 e. The van der Waals surface area contributed by atoms with E-state index < -0.39 is 0 Å². The second-order valence-corrected chi connectivity index (χ2v) is 6.96. The van der Waals surface area contributed by atoms with Crippen molar-refractivity contribution >= 4 is 27.5 Å². The minimum absolute atomic E-state index is 0.0641. The normalized spacial score (nSPS) is 17.5. The Balaban J connectivity index is 1.73. The standard InChI is InChI=1S/C17H22N2O4S/c1-22-10-8-18(11-13-5-4-9-23-13)16(20)12-19-17(21)14-6-2-3-7-15(14)24-19/h2-3,6-7,13H,4-5,8-12H2,1H3/t13-/m1/s1. The van der Waals surface area contributed by atoms with Crippen LogP contribution in [0.5, 0.6) is 0 Å². The molecular weight excluding hydrogens is 328 g/mol. The number of methoxy groups -OCH3 is 1. The van der Waals surface area contributed by atoms with Crippen LogP contribution in [-0.4, -0.2) is 54.3 Å². The monoisotopic (exact) mass is 350 g/mol. The van der Waals surface area contributed by atoms with E-state index in [-0.39, 0.29) is 24.1 Å². The van der Waals surface area contributed by atoms with Crippen LogP contribution in [0.3, 0.4) is 0 Å². The molecule has 0 bridgehead atoms. The summed E-state index contributed by atoms with van der Waals surface area (Å²) in [6, 6.07) is 7.43. The summed E-state index contributed by atoms with van der Waals surface area (Å²) in [5.41, 5.74) is -0.104. The maximum atomic E-state index is 12.7. The Morgan fingerprint density at radius 3 is 3.00 bits per heavy atom. The van der Waals surface area contributed by atoms with E-state index in [1.54, 1.807) is 18.1 Å². The van der Waals surface area contributed by atoms with E-state index in [1.807, 2.05) is 18.2 Å². The Hall–Kier alpha value is -1.70. The molecule has 130 valence electrons. The maximum Gasteiger partial charge on any atom is 0.268 e. The molecule has 7 heteroatoms. The second-order valence-electron chi connectivity index (χ2n) is 5.90. The molecule has 0 unspecified atom stereocenters. The van der Waals surface area contributed by atoms with Gasteiger partial charge >= 0.3 is 0 Å². The number of amides is 1. The zero-order valence-electron chi connectivity index (χ0n) is 13.8. The van der Waals surface area contributed by atoms with Gasteiger partial charge in [-0.2, -0.15) is 0 Å². The molecule has 2 aromatic rings. The summed E-state index contributed by atoms with van der Waals surface area (Å²) in [7, 11) is 1.62. The third kappa shape index (κ3) is 3.85. The predicted octanol–water partition coefficient (Wildman–Crippen LogP) is 1.72. The number of benzene rings is 1. The molecule has 0 N–H and O–H groups in total. The first-order chi connectivity index (χ1) is 11.7. The van der Waals surface area contributed by atoms with Crippen molar-refractivity contribution in [2.75, 3.05) is 33.4 Å². The van der Waals surface area contributed by atoms with Gasteiger partial charge in [-0.1, -0.05) is 23.7 Å². The molecule has 6 nitrogen and oxygen atoms in total.